The number of hydrogen-bond acceptors (Lipinski definition) is 1. The quantitative estimate of drug-likeness (QED) is 0.369. The summed E-state index contributed by atoms with van der Waals surface area (Å²) in [4.78, 5) is 0. The van der Waals surface area contributed by atoms with Crippen LogP contribution in [0.3, 0.4) is 0 Å². The zero-order chi connectivity index (χ0) is 12.3. The fraction of sp³-hybridized carbons (Fsp3) is 0.143. The summed E-state index contributed by atoms with van der Waals surface area (Å²) in [5.74, 6) is 2.14. The van der Waals surface area contributed by atoms with Crippen molar-refractivity contribution in [2.24, 2.45) is 0 Å². The van der Waals surface area contributed by atoms with Crippen molar-refractivity contribution < 1.29 is 15.6 Å². The predicted octanol–water partition coefficient (Wildman–Crippen LogP) is 4.80. The van der Waals surface area contributed by atoms with E-state index in [2.05, 4.69) is 64.1 Å². The summed E-state index contributed by atoms with van der Waals surface area (Å²) in [7, 11) is 0. The zero-order valence-electron chi connectivity index (χ0n) is 9.21. The molecule has 2 rings (SSSR count). The molecule has 92 valence electrons. The van der Waals surface area contributed by atoms with Crippen molar-refractivity contribution in [2.75, 3.05) is 0 Å². The zero-order valence-corrected chi connectivity index (χ0v) is 13.7. The van der Waals surface area contributed by atoms with Gasteiger partial charge in [-0.3, -0.25) is 0 Å². The molecule has 0 aliphatic heterocycles. The molecule has 0 heterocycles. The molecule has 0 radical (unpaired) electrons. The first-order valence-electron chi connectivity index (χ1n) is 5.14. The Morgan fingerprint density at radius 3 is 2.24 bits per heavy atom. The van der Waals surface area contributed by atoms with Gasteiger partial charge in [0.1, 0.15) is 0 Å². The second-order valence-corrected chi connectivity index (χ2v) is 4.38. The molecule has 0 atom stereocenters. The standard InChI is InChI=1S/C14H13S.HI.Pd/c1-3-7-13(8-4-1)11-15-12-14-9-5-2-6-10-14;;/h1-5,7-10H,11-12H2;1H;/q-1;;+2/p-1. The first-order chi connectivity index (χ1) is 8.45. The summed E-state index contributed by atoms with van der Waals surface area (Å²) < 4.78 is 0. The minimum absolute atomic E-state index is 1.06. The smallest absolute Gasteiger partial charge is 0.0177 e. The van der Waals surface area contributed by atoms with Crippen LogP contribution in [0, 0.1) is 6.07 Å². The van der Waals surface area contributed by atoms with Gasteiger partial charge < -0.3 is 0 Å². The molecule has 0 N–H and O–H groups in total. The largest absolute Gasteiger partial charge is 0.184 e. The van der Waals surface area contributed by atoms with Gasteiger partial charge in [0.15, 0.2) is 0 Å². The molecule has 0 nitrogen and oxygen atoms in total. The maximum atomic E-state index is 3.10. The minimum Gasteiger partial charge on any atom is -0.184 e. The van der Waals surface area contributed by atoms with Crippen molar-refractivity contribution in [3.05, 3.63) is 71.8 Å². The Balaban J connectivity index is 0.000000686. The molecule has 0 bridgehead atoms. The number of hydrogen-bond donors (Lipinski definition) is 0. The number of thioether (sulfide) groups is 1. The van der Waals surface area contributed by atoms with Crippen LogP contribution in [-0.4, -0.2) is 0 Å². The van der Waals surface area contributed by atoms with E-state index in [9.17, 15) is 0 Å². The van der Waals surface area contributed by atoms with Crippen LogP contribution in [0.5, 0.6) is 0 Å². The van der Waals surface area contributed by atoms with Crippen molar-refractivity contribution in [2.45, 2.75) is 11.5 Å². The average molecular weight is 447 g/mol. The Morgan fingerprint density at radius 2 is 1.59 bits per heavy atom. The Morgan fingerprint density at radius 1 is 0.941 bits per heavy atom. The maximum Gasteiger partial charge on any atom is 0.0177 e. The van der Waals surface area contributed by atoms with Gasteiger partial charge in [-0.15, -0.1) is 5.56 Å². The first kappa shape index (κ1) is 15.2. The molecular formula is C14H13IPdS. The molecule has 0 amide bonds. The maximum absolute atomic E-state index is 3.10. The fourth-order valence-corrected chi connectivity index (χ4v) is 2.33. The summed E-state index contributed by atoms with van der Waals surface area (Å²) in [6.45, 7) is 0. The van der Waals surface area contributed by atoms with Crippen LogP contribution in [-0.2, 0) is 27.1 Å². The van der Waals surface area contributed by atoms with E-state index in [-0.39, 0.29) is 0 Å². The van der Waals surface area contributed by atoms with Gasteiger partial charge in [-0.2, -0.15) is 42.1 Å². The van der Waals surface area contributed by atoms with Crippen molar-refractivity contribution >= 4 is 31.3 Å². The Hall–Kier alpha value is 0.182. The number of benzene rings is 2. The summed E-state index contributed by atoms with van der Waals surface area (Å²) >= 11 is 6.66. The van der Waals surface area contributed by atoms with Gasteiger partial charge >= 0.3 is 35.1 Å². The Labute approximate surface area is 129 Å². The van der Waals surface area contributed by atoms with E-state index in [4.69, 9.17) is 0 Å². The number of halogens is 1. The van der Waals surface area contributed by atoms with Gasteiger partial charge in [-0.1, -0.05) is 30.3 Å². The molecule has 0 saturated carbocycles. The third-order valence-corrected chi connectivity index (χ3v) is 3.23. The van der Waals surface area contributed by atoms with Crippen molar-refractivity contribution in [1.82, 2.24) is 0 Å². The third kappa shape index (κ3) is 6.61. The van der Waals surface area contributed by atoms with Crippen LogP contribution in [0.15, 0.2) is 54.6 Å². The van der Waals surface area contributed by atoms with E-state index in [0.29, 0.717) is 0 Å². The number of rotatable bonds is 4. The second-order valence-electron chi connectivity index (χ2n) is 3.39. The SMILES string of the molecule is [Pd+][I].[c-]1cccc(CSCc2ccccc2)c1. The van der Waals surface area contributed by atoms with Crippen molar-refractivity contribution in [3.8, 4) is 0 Å². The van der Waals surface area contributed by atoms with Crippen LogP contribution in [0.4, 0.5) is 0 Å². The summed E-state index contributed by atoms with van der Waals surface area (Å²) in [5, 5.41) is 0. The Bertz CT molecular complexity index is 352. The van der Waals surface area contributed by atoms with Crippen LogP contribution >= 0.6 is 31.3 Å². The van der Waals surface area contributed by atoms with Gasteiger partial charge in [-0.25, -0.2) is 0 Å². The third-order valence-electron chi connectivity index (χ3n) is 2.15. The molecular weight excluding hydrogens is 434 g/mol. The van der Waals surface area contributed by atoms with E-state index in [1.165, 1.54) is 11.1 Å². The van der Waals surface area contributed by atoms with Gasteiger partial charge in [0.05, 0.1) is 0 Å². The van der Waals surface area contributed by atoms with Gasteiger partial charge in [0.25, 0.3) is 0 Å². The second kappa shape index (κ2) is 10.1. The summed E-state index contributed by atoms with van der Waals surface area (Å²) in [6, 6.07) is 21.8. The topological polar surface area (TPSA) is 0 Å². The van der Waals surface area contributed by atoms with Crippen molar-refractivity contribution in [1.29, 1.82) is 0 Å². The molecule has 0 fully saturated rings. The molecule has 2 aromatic rings. The van der Waals surface area contributed by atoms with Crippen LogP contribution < -0.4 is 0 Å². The normalized spacial score (nSPS) is 9.35. The van der Waals surface area contributed by atoms with E-state index in [0.717, 1.165) is 11.5 Å². The van der Waals surface area contributed by atoms with Gasteiger partial charge in [0.2, 0.25) is 0 Å². The van der Waals surface area contributed by atoms with E-state index in [1.807, 2.05) is 43.4 Å². The monoisotopic (exact) mass is 446 g/mol. The van der Waals surface area contributed by atoms with E-state index < -0.39 is 0 Å². The molecule has 0 unspecified atom stereocenters. The molecule has 0 aliphatic carbocycles. The Kier molecular flexibility index (Phi) is 9.09. The van der Waals surface area contributed by atoms with Gasteiger partial charge in [0, 0.05) is 5.75 Å². The van der Waals surface area contributed by atoms with E-state index in [1.54, 1.807) is 0 Å². The average Bonchev–Trinajstić information content (AvgIpc) is 2.43. The first-order valence-corrected chi connectivity index (χ1v) is 10.9. The van der Waals surface area contributed by atoms with Crippen LogP contribution in [0.2, 0.25) is 0 Å². The summed E-state index contributed by atoms with van der Waals surface area (Å²) in [5.41, 5.74) is 2.74. The van der Waals surface area contributed by atoms with Gasteiger partial charge in [-0.05, 0) is 11.3 Å². The van der Waals surface area contributed by atoms with Crippen LogP contribution in [0.1, 0.15) is 11.1 Å². The molecule has 0 saturated heterocycles. The molecule has 0 aliphatic rings. The molecule has 2 aromatic carbocycles. The van der Waals surface area contributed by atoms with Crippen LogP contribution in [0.25, 0.3) is 0 Å². The summed E-state index contributed by atoms with van der Waals surface area (Å²) in [6.07, 6.45) is 0. The minimum atomic E-state index is 1.06. The predicted molar refractivity (Wildman–Crippen MR) is 80.7 cm³/mol. The fourth-order valence-electron chi connectivity index (χ4n) is 1.38. The molecule has 3 heteroatoms. The van der Waals surface area contributed by atoms with Crippen molar-refractivity contribution in [3.63, 3.8) is 0 Å². The molecule has 17 heavy (non-hydrogen) atoms. The van der Waals surface area contributed by atoms with E-state index >= 15 is 0 Å². The molecule has 0 aromatic heterocycles. The molecule has 0 spiro atoms.